The lowest BCUT2D eigenvalue weighted by atomic mass is 10.1. The van der Waals surface area contributed by atoms with Crippen LogP contribution >= 0.6 is 11.8 Å². The number of aryl methyl sites for hydroxylation is 1. The van der Waals surface area contributed by atoms with Crippen LogP contribution < -0.4 is 5.32 Å². The standard InChI is InChI=1S/C17H23N3O2S/c1-4-12-9-7-8-10-13(12)19-15(21)11-14-16(22)20(6-3)17(23-14)18-5-2/h7-10,14H,4-6,11H2,1-3H3,(H,19,21)/t14-/m1/s1. The van der Waals surface area contributed by atoms with E-state index in [0.717, 1.165) is 22.8 Å². The molecule has 1 N–H and O–H groups in total. The number of amidine groups is 1. The molecule has 23 heavy (non-hydrogen) atoms. The normalized spacial score (nSPS) is 19.4. The highest BCUT2D eigenvalue weighted by Crippen LogP contribution is 2.29. The van der Waals surface area contributed by atoms with Gasteiger partial charge in [0.1, 0.15) is 5.25 Å². The summed E-state index contributed by atoms with van der Waals surface area (Å²) >= 11 is 1.39. The van der Waals surface area contributed by atoms with Crippen LogP contribution in [0.2, 0.25) is 0 Å². The Hall–Kier alpha value is -1.82. The van der Waals surface area contributed by atoms with Gasteiger partial charge < -0.3 is 5.32 Å². The van der Waals surface area contributed by atoms with E-state index >= 15 is 0 Å². The Morgan fingerprint density at radius 1 is 1.30 bits per heavy atom. The van der Waals surface area contributed by atoms with Gasteiger partial charge in [-0.25, -0.2) is 0 Å². The number of rotatable bonds is 6. The fourth-order valence-corrected chi connectivity index (χ4v) is 3.77. The predicted octanol–water partition coefficient (Wildman–Crippen LogP) is 2.92. The number of amides is 2. The molecule has 0 aliphatic carbocycles. The number of thioether (sulfide) groups is 1. The zero-order chi connectivity index (χ0) is 16.8. The summed E-state index contributed by atoms with van der Waals surface area (Å²) < 4.78 is 0. The van der Waals surface area contributed by atoms with Gasteiger partial charge >= 0.3 is 0 Å². The van der Waals surface area contributed by atoms with E-state index < -0.39 is 0 Å². The third-order valence-electron chi connectivity index (χ3n) is 3.67. The molecule has 0 saturated carbocycles. The zero-order valence-electron chi connectivity index (χ0n) is 13.8. The predicted molar refractivity (Wildman–Crippen MR) is 95.8 cm³/mol. The number of nitrogens with zero attached hydrogens (tertiary/aromatic N) is 2. The van der Waals surface area contributed by atoms with Gasteiger partial charge in [-0.1, -0.05) is 36.9 Å². The molecule has 1 aliphatic heterocycles. The Bertz CT molecular complexity index is 616. The number of aliphatic imine (C=N–C) groups is 1. The summed E-state index contributed by atoms with van der Waals surface area (Å²) in [6.45, 7) is 7.13. The highest BCUT2D eigenvalue weighted by Gasteiger charge is 2.38. The molecule has 5 nitrogen and oxygen atoms in total. The molecule has 0 unspecified atom stereocenters. The molecule has 0 radical (unpaired) electrons. The molecular formula is C17H23N3O2S. The van der Waals surface area contributed by atoms with E-state index in [1.807, 2.05) is 45.0 Å². The number of nitrogens with one attached hydrogen (secondary N) is 1. The van der Waals surface area contributed by atoms with Crippen molar-refractivity contribution in [3.8, 4) is 0 Å². The molecule has 1 aromatic carbocycles. The van der Waals surface area contributed by atoms with Crippen LogP contribution in [0.4, 0.5) is 5.69 Å². The molecule has 1 aromatic rings. The van der Waals surface area contributed by atoms with E-state index in [1.54, 1.807) is 4.90 Å². The molecular weight excluding hydrogens is 310 g/mol. The number of hydrogen-bond acceptors (Lipinski definition) is 4. The van der Waals surface area contributed by atoms with Crippen LogP contribution in [0.15, 0.2) is 29.3 Å². The summed E-state index contributed by atoms with van der Waals surface area (Å²) in [5.74, 6) is -0.158. The topological polar surface area (TPSA) is 61.8 Å². The number of carbonyl (C=O) groups excluding carboxylic acids is 2. The first kappa shape index (κ1) is 17.5. The molecule has 0 bridgehead atoms. The van der Waals surface area contributed by atoms with Crippen molar-refractivity contribution in [2.24, 2.45) is 4.99 Å². The molecule has 2 amide bonds. The van der Waals surface area contributed by atoms with Crippen molar-refractivity contribution in [3.63, 3.8) is 0 Å². The van der Waals surface area contributed by atoms with Crippen molar-refractivity contribution in [1.29, 1.82) is 0 Å². The molecule has 124 valence electrons. The van der Waals surface area contributed by atoms with Crippen molar-refractivity contribution >= 4 is 34.4 Å². The van der Waals surface area contributed by atoms with E-state index in [-0.39, 0.29) is 23.5 Å². The van der Waals surface area contributed by atoms with E-state index in [0.29, 0.717) is 13.1 Å². The molecule has 2 rings (SSSR count). The Labute approximate surface area is 141 Å². The number of benzene rings is 1. The van der Waals surface area contributed by atoms with Crippen molar-refractivity contribution in [2.45, 2.75) is 38.9 Å². The second-order valence-electron chi connectivity index (χ2n) is 5.21. The molecule has 0 aromatic heterocycles. The Balaban J connectivity index is 2.03. The maximum Gasteiger partial charge on any atom is 0.242 e. The van der Waals surface area contributed by atoms with Gasteiger partial charge in [-0.3, -0.25) is 19.5 Å². The monoisotopic (exact) mass is 333 g/mol. The van der Waals surface area contributed by atoms with Crippen LogP contribution in [0, 0.1) is 0 Å². The minimum atomic E-state index is -0.381. The van der Waals surface area contributed by atoms with Crippen LogP contribution in [-0.2, 0) is 16.0 Å². The fourth-order valence-electron chi connectivity index (χ4n) is 2.51. The highest BCUT2D eigenvalue weighted by atomic mass is 32.2. The molecule has 1 atom stereocenters. The Morgan fingerprint density at radius 2 is 2.04 bits per heavy atom. The van der Waals surface area contributed by atoms with Gasteiger partial charge in [-0.2, -0.15) is 0 Å². The third kappa shape index (κ3) is 4.13. The summed E-state index contributed by atoms with van der Waals surface area (Å²) in [7, 11) is 0. The molecule has 1 aliphatic rings. The molecule has 6 heteroatoms. The molecule has 0 spiro atoms. The van der Waals surface area contributed by atoms with E-state index in [1.165, 1.54) is 11.8 Å². The van der Waals surface area contributed by atoms with Crippen molar-refractivity contribution in [1.82, 2.24) is 4.90 Å². The lowest BCUT2D eigenvalue weighted by Crippen LogP contribution is -2.33. The van der Waals surface area contributed by atoms with Crippen molar-refractivity contribution in [3.05, 3.63) is 29.8 Å². The fraction of sp³-hybridized carbons (Fsp3) is 0.471. The second kappa shape index (κ2) is 8.15. The second-order valence-corrected chi connectivity index (χ2v) is 6.38. The minimum absolute atomic E-state index is 0.0244. The van der Waals surface area contributed by atoms with Crippen LogP contribution in [0.3, 0.4) is 0 Å². The van der Waals surface area contributed by atoms with Gasteiger partial charge in [0.05, 0.1) is 0 Å². The minimum Gasteiger partial charge on any atom is -0.326 e. The Kier molecular flexibility index (Phi) is 6.21. The zero-order valence-corrected chi connectivity index (χ0v) is 14.7. The molecule has 1 fully saturated rings. The van der Waals surface area contributed by atoms with E-state index in [9.17, 15) is 9.59 Å². The van der Waals surface area contributed by atoms with E-state index in [4.69, 9.17) is 0 Å². The summed E-state index contributed by atoms with van der Waals surface area (Å²) in [5.41, 5.74) is 1.92. The van der Waals surface area contributed by atoms with Crippen molar-refractivity contribution in [2.75, 3.05) is 18.4 Å². The third-order valence-corrected chi connectivity index (χ3v) is 4.89. The number of carbonyl (C=O) groups is 2. The number of anilines is 1. The number of hydrogen-bond donors (Lipinski definition) is 1. The average Bonchev–Trinajstić information content (AvgIpc) is 2.83. The quantitative estimate of drug-likeness (QED) is 0.871. The number of para-hydroxylation sites is 1. The lowest BCUT2D eigenvalue weighted by Gasteiger charge is -2.13. The first-order chi connectivity index (χ1) is 11.1. The first-order valence-electron chi connectivity index (χ1n) is 8.00. The maximum absolute atomic E-state index is 12.4. The van der Waals surface area contributed by atoms with Gasteiger partial charge in [-0.15, -0.1) is 0 Å². The average molecular weight is 333 g/mol. The lowest BCUT2D eigenvalue weighted by molar-refractivity contribution is -0.128. The van der Waals surface area contributed by atoms with E-state index in [2.05, 4.69) is 10.3 Å². The van der Waals surface area contributed by atoms with Gasteiger partial charge in [0.2, 0.25) is 11.8 Å². The van der Waals surface area contributed by atoms with Crippen LogP contribution in [0.5, 0.6) is 0 Å². The first-order valence-corrected chi connectivity index (χ1v) is 8.88. The summed E-state index contributed by atoms with van der Waals surface area (Å²) in [6, 6.07) is 7.74. The van der Waals surface area contributed by atoms with Gasteiger partial charge in [0.25, 0.3) is 0 Å². The van der Waals surface area contributed by atoms with Crippen LogP contribution in [0.1, 0.15) is 32.8 Å². The maximum atomic E-state index is 12.4. The van der Waals surface area contributed by atoms with Crippen LogP contribution in [0.25, 0.3) is 0 Å². The van der Waals surface area contributed by atoms with Crippen molar-refractivity contribution < 1.29 is 9.59 Å². The Morgan fingerprint density at radius 3 is 2.70 bits per heavy atom. The summed E-state index contributed by atoms with van der Waals surface area (Å²) in [6.07, 6.45) is 1.02. The smallest absolute Gasteiger partial charge is 0.242 e. The largest absolute Gasteiger partial charge is 0.326 e. The van der Waals surface area contributed by atoms with Crippen LogP contribution in [-0.4, -0.2) is 40.2 Å². The van der Waals surface area contributed by atoms with Gasteiger partial charge in [-0.05, 0) is 31.9 Å². The summed E-state index contributed by atoms with van der Waals surface area (Å²) in [4.78, 5) is 30.7. The SMILES string of the molecule is CCN=C1S[C@H](CC(=O)Nc2ccccc2CC)C(=O)N1CC. The summed E-state index contributed by atoms with van der Waals surface area (Å²) in [5, 5.41) is 3.27. The highest BCUT2D eigenvalue weighted by molar-refractivity contribution is 8.15. The van der Waals surface area contributed by atoms with Gasteiger partial charge in [0.15, 0.2) is 5.17 Å². The molecule has 1 saturated heterocycles. The van der Waals surface area contributed by atoms with Gasteiger partial charge in [0, 0.05) is 25.2 Å². The molecule has 1 heterocycles.